The van der Waals surface area contributed by atoms with Gasteiger partial charge < -0.3 is 9.84 Å². The number of hydrogen-bond acceptors (Lipinski definition) is 5. The number of carbonyl (C=O) groups is 1. The Morgan fingerprint density at radius 3 is 2.25 bits per heavy atom. The van der Waals surface area contributed by atoms with Crippen molar-refractivity contribution in [1.82, 2.24) is 14.8 Å². The summed E-state index contributed by atoms with van der Waals surface area (Å²) >= 11 is 0. The van der Waals surface area contributed by atoms with E-state index in [4.69, 9.17) is 4.74 Å². The van der Waals surface area contributed by atoms with Gasteiger partial charge in [0, 0.05) is 11.1 Å². The summed E-state index contributed by atoms with van der Waals surface area (Å²) in [6, 6.07) is 22.8. The molecule has 4 rings (SSSR count). The van der Waals surface area contributed by atoms with Crippen LogP contribution in [0.15, 0.2) is 78.9 Å². The summed E-state index contributed by atoms with van der Waals surface area (Å²) in [5.41, 5.74) is 1.99. The van der Waals surface area contributed by atoms with Gasteiger partial charge in [-0.3, -0.25) is 4.79 Å². The summed E-state index contributed by atoms with van der Waals surface area (Å²) < 4.78 is 6.82. The van der Waals surface area contributed by atoms with Crippen molar-refractivity contribution in [3.05, 3.63) is 90.3 Å². The molecule has 28 heavy (non-hydrogen) atoms. The van der Waals surface area contributed by atoms with Crippen molar-refractivity contribution in [3.63, 3.8) is 0 Å². The van der Waals surface area contributed by atoms with Gasteiger partial charge in [-0.15, -0.1) is 5.10 Å². The zero-order valence-corrected chi connectivity index (χ0v) is 15.1. The highest BCUT2D eigenvalue weighted by Crippen LogP contribution is 2.25. The van der Waals surface area contributed by atoms with Gasteiger partial charge in [-0.1, -0.05) is 30.3 Å². The monoisotopic (exact) mass is 371 g/mol. The molecule has 0 spiro atoms. The fraction of sp³-hybridized carbons (Fsp3) is 0.0455. The lowest BCUT2D eigenvalue weighted by molar-refractivity contribution is 0.102. The van der Waals surface area contributed by atoms with Gasteiger partial charge in [0.2, 0.25) is 11.6 Å². The van der Waals surface area contributed by atoms with Crippen LogP contribution in [0.1, 0.15) is 16.2 Å². The van der Waals surface area contributed by atoms with Crippen molar-refractivity contribution in [3.8, 4) is 28.6 Å². The Bertz CT molecular complexity index is 1100. The number of methoxy groups -OCH3 is 1. The van der Waals surface area contributed by atoms with Gasteiger partial charge in [0.1, 0.15) is 11.5 Å². The van der Waals surface area contributed by atoms with Crippen LogP contribution in [0.3, 0.4) is 0 Å². The van der Waals surface area contributed by atoms with E-state index >= 15 is 0 Å². The Hall–Kier alpha value is -3.93. The number of ether oxygens (including phenoxy) is 1. The third-order valence-electron chi connectivity index (χ3n) is 4.29. The van der Waals surface area contributed by atoms with E-state index in [0.717, 1.165) is 17.0 Å². The first kappa shape index (κ1) is 17.5. The number of hydrogen-bond donors (Lipinski definition) is 1. The van der Waals surface area contributed by atoms with Crippen LogP contribution in [-0.2, 0) is 0 Å². The van der Waals surface area contributed by atoms with Crippen molar-refractivity contribution in [2.24, 2.45) is 0 Å². The highest BCUT2D eigenvalue weighted by Gasteiger charge is 2.20. The molecule has 6 heteroatoms. The smallest absolute Gasteiger partial charge is 0.232 e. The third-order valence-corrected chi connectivity index (χ3v) is 4.29. The summed E-state index contributed by atoms with van der Waals surface area (Å²) in [5.74, 6) is 1.22. The SMILES string of the molecule is COc1ccc(-n2nc(C(=O)c3ccccc3)nc2-c2ccc(O)cc2)cc1. The van der Waals surface area contributed by atoms with Crippen molar-refractivity contribution in [2.75, 3.05) is 7.11 Å². The van der Waals surface area contributed by atoms with E-state index < -0.39 is 0 Å². The van der Waals surface area contributed by atoms with E-state index in [1.54, 1.807) is 60.3 Å². The minimum absolute atomic E-state index is 0.102. The van der Waals surface area contributed by atoms with E-state index in [2.05, 4.69) is 10.1 Å². The first-order valence-electron chi connectivity index (χ1n) is 8.66. The summed E-state index contributed by atoms with van der Waals surface area (Å²) in [7, 11) is 1.60. The molecule has 0 fully saturated rings. The van der Waals surface area contributed by atoms with Crippen molar-refractivity contribution >= 4 is 5.78 Å². The lowest BCUT2D eigenvalue weighted by Crippen LogP contribution is -2.05. The summed E-state index contributed by atoms with van der Waals surface area (Å²) in [6.45, 7) is 0. The number of carbonyl (C=O) groups excluding carboxylic acids is 1. The van der Waals surface area contributed by atoms with Crippen LogP contribution in [0.4, 0.5) is 0 Å². The minimum atomic E-state index is -0.257. The highest BCUT2D eigenvalue weighted by molar-refractivity contribution is 6.06. The molecule has 3 aromatic carbocycles. The molecule has 0 aliphatic heterocycles. The van der Waals surface area contributed by atoms with E-state index in [0.29, 0.717) is 11.4 Å². The average molecular weight is 371 g/mol. The molecule has 0 aliphatic carbocycles. The number of rotatable bonds is 5. The Morgan fingerprint density at radius 1 is 0.929 bits per heavy atom. The van der Waals surface area contributed by atoms with Crippen LogP contribution in [0, 0.1) is 0 Å². The second kappa shape index (κ2) is 7.36. The predicted molar refractivity (Wildman–Crippen MR) is 105 cm³/mol. The molecule has 0 aliphatic rings. The molecule has 0 saturated carbocycles. The molecule has 1 aromatic heterocycles. The second-order valence-corrected chi connectivity index (χ2v) is 6.11. The van der Waals surface area contributed by atoms with Crippen LogP contribution in [0.5, 0.6) is 11.5 Å². The van der Waals surface area contributed by atoms with Crippen LogP contribution >= 0.6 is 0 Å². The topological polar surface area (TPSA) is 77.2 Å². The van der Waals surface area contributed by atoms with Gasteiger partial charge in [0.25, 0.3) is 0 Å². The molecular formula is C22H17N3O3. The quantitative estimate of drug-likeness (QED) is 0.539. The molecule has 0 unspecified atom stereocenters. The maximum absolute atomic E-state index is 12.8. The Morgan fingerprint density at radius 2 is 1.61 bits per heavy atom. The van der Waals surface area contributed by atoms with Crippen LogP contribution in [0.2, 0.25) is 0 Å². The fourth-order valence-corrected chi connectivity index (χ4v) is 2.83. The third kappa shape index (κ3) is 3.35. The maximum atomic E-state index is 12.8. The lowest BCUT2D eigenvalue weighted by Gasteiger charge is -2.07. The number of phenols is 1. The molecule has 138 valence electrons. The first-order valence-corrected chi connectivity index (χ1v) is 8.66. The normalized spacial score (nSPS) is 10.6. The number of benzene rings is 3. The molecule has 0 amide bonds. The van der Waals surface area contributed by atoms with Crippen LogP contribution < -0.4 is 4.74 Å². The fourth-order valence-electron chi connectivity index (χ4n) is 2.83. The number of phenolic OH excluding ortho intramolecular Hbond substituents is 1. The van der Waals surface area contributed by atoms with E-state index in [1.807, 2.05) is 30.3 Å². The first-order chi connectivity index (χ1) is 13.7. The van der Waals surface area contributed by atoms with Gasteiger partial charge in [-0.05, 0) is 48.5 Å². The molecule has 1 N–H and O–H groups in total. The Labute approximate surface area is 161 Å². The molecular weight excluding hydrogens is 354 g/mol. The Balaban J connectivity index is 1.83. The largest absolute Gasteiger partial charge is 0.508 e. The lowest BCUT2D eigenvalue weighted by atomic mass is 10.1. The molecule has 0 bridgehead atoms. The maximum Gasteiger partial charge on any atom is 0.232 e. The molecule has 0 radical (unpaired) electrons. The van der Waals surface area contributed by atoms with Gasteiger partial charge in [0.05, 0.1) is 12.8 Å². The number of ketones is 1. The Kier molecular flexibility index (Phi) is 4.60. The predicted octanol–water partition coefficient (Wildman–Crippen LogP) is 3.88. The molecule has 6 nitrogen and oxygen atoms in total. The molecule has 0 atom stereocenters. The molecule has 4 aromatic rings. The van der Waals surface area contributed by atoms with Gasteiger partial charge in [0.15, 0.2) is 5.82 Å². The van der Waals surface area contributed by atoms with Crippen LogP contribution in [0.25, 0.3) is 17.1 Å². The zero-order chi connectivity index (χ0) is 19.5. The number of aromatic hydroxyl groups is 1. The van der Waals surface area contributed by atoms with Crippen molar-refractivity contribution in [2.45, 2.75) is 0 Å². The molecule has 0 saturated heterocycles. The summed E-state index contributed by atoms with van der Waals surface area (Å²) in [5, 5.41) is 14.0. The van der Waals surface area contributed by atoms with E-state index in [-0.39, 0.29) is 17.4 Å². The van der Waals surface area contributed by atoms with Gasteiger partial charge >= 0.3 is 0 Å². The second-order valence-electron chi connectivity index (χ2n) is 6.11. The standard InChI is InChI=1S/C22H17N3O3/c1-28-19-13-9-17(10-14-19)25-22(16-7-11-18(26)12-8-16)23-21(24-25)20(27)15-5-3-2-4-6-15/h2-14,26H,1H3. The summed E-state index contributed by atoms with van der Waals surface area (Å²) in [6.07, 6.45) is 0. The molecule has 1 heterocycles. The number of nitrogens with zero attached hydrogens (tertiary/aromatic N) is 3. The van der Waals surface area contributed by atoms with Crippen molar-refractivity contribution in [1.29, 1.82) is 0 Å². The van der Waals surface area contributed by atoms with Gasteiger partial charge in [-0.25, -0.2) is 9.67 Å². The van der Waals surface area contributed by atoms with Crippen molar-refractivity contribution < 1.29 is 14.6 Å². The summed E-state index contributed by atoms with van der Waals surface area (Å²) in [4.78, 5) is 17.3. The van der Waals surface area contributed by atoms with Crippen LogP contribution in [-0.4, -0.2) is 32.8 Å². The van der Waals surface area contributed by atoms with E-state index in [1.165, 1.54) is 0 Å². The minimum Gasteiger partial charge on any atom is -0.508 e. The zero-order valence-electron chi connectivity index (χ0n) is 15.1. The number of aromatic nitrogens is 3. The highest BCUT2D eigenvalue weighted by atomic mass is 16.5. The van der Waals surface area contributed by atoms with E-state index in [9.17, 15) is 9.90 Å². The van der Waals surface area contributed by atoms with Gasteiger partial charge in [-0.2, -0.15) is 0 Å². The average Bonchev–Trinajstić information content (AvgIpc) is 3.20.